The molecule has 1 unspecified atom stereocenters. The molecule has 3 aromatic carbocycles. The fraction of sp³-hybridized carbons (Fsp3) is 0.364. The number of fused-ring (bicyclic) bond motifs is 1. The molecule has 5 rings (SSSR count). The first-order valence-corrected chi connectivity index (χ1v) is 13.7. The lowest BCUT2D eigenvalue weighted by Crippen LogP contribution is -2.68. The van der Waals surface area contributed by atoms with E-state index in [4.69, 9.17) is 4.74 Å². The van der Waals surface area contributed by atoms with Gasteiger partial charge in [0.25, 0.3) is 0 Å². The summed E-state index contributed by atoms with van der Waals surface area (Å²) in [6.45, 7) is 4.77. The summed E-state index contributed by atoms with van der Waals surface area (Å²) in [6.07, 6.45) is 0.943. The number of nitrogens with one attached hydrogen (secondary N) is 1. The minimum absolute atomic E-state index is 0.0515. The Hall–Kier alpha value is -3.79. The molecule has 0 aliphatic carbocycles. The van der Waals surface area contributed by atoms with Crippen molar-refractivity contribution < 1.29 is 9.53 Å². The van der Waals surface area contributed by atoms with Crippen molar-refractivity contribution in [3.8, 4) is 17.6 Å². The molecule has 6 heteroatoms. The Morgan fingerprint density at radius 2 is 1.59 bits per heavy atom. The van der Waals surface area contributed by atoms with Gasteiger partial charge in [0.2, 0.25) is 0 Å². The topological polar surface area (TPSA) is 48.1 Å². The van der Waals surface area contributed by atoms with Crippen LogP contribution in [-0.4, -0.2) is 79.7 Å². The lowest BCUT2D eigenvalue weighted by Gasteiger charge is -2.58. The number of carbonyl (C=O) groups excluding carboxylic acids is 1. The number of likely N-dealkylation sites (N-methyl/N-ethyl adjacent to an activating group) is 1. The van der Waals surface area contributed by atoms with Crippen LogP contribution in [0.4, 0.5) is 10.5 Å². The minimum atomic E-state index is -0.0515. The number of urea groups is 1. The Bertz CT molecular complexity index is 1310. The van der Waals surface area contributed by atoms with Crippen molar-refractivity contribution in [2.75, 3.05) is 46.2 Å². The van der Waals surface area contributed by atoms with Crippen LogP contribution >= 0.6 is 0 Å². The summed E-state index contributed by atoms with van der Waals surface area (Å²) >= 11 is 0. The van der Waals surface area contributed by atoms with E-state index in [1.807, 2.05) is 59.5 Å². The van der Waals surface area contributed by atoms with Gasteiger partial charge in [0.15, 0.2) is 0 Å². The van der Waals surface area contributed by atoms with Crippen molar-refractivity contribution in [1.82, 2.24) is 14.7 Å². The van der Waals surface area contributed by atoms with Gasteiger partial charge in [-0.15, -0.1) is 0 Å². The molecule has 2 aliphatic rings. The standard InChI is InChI=1S/C33H38N4O2/c1-24-32(27-14-12-26(13-15-27)11-10-25-8-6-5-7-9-25)31-23-36(21-20-29(35(2)3)22-37(24)31)33(38)34-28-16-18-30(39-4)19-17-28/h5-9,12-19,24,29,31-32H,20-23H2,1-4H3,(H,34,38)/t24-,29?,31+,32-/m1/s1. The predicted octanol–water partition coefficient (Wildman–Crippen LogP) is 5.12. The number of ether oxygens (including phenoxy) is 1. The SMILES string of the molecule is COc1ccc(NC(=O)N2CCC(N(C)C)CN3[C@H](C)[C@H](c4ccc(C#Cc5ccccc5)cc4)[C@@H]3C2)cc1. The smallest absolute Gasteiger partial charge is 0.321 e. The molecule has 39 heavy (non-hydrogen) atoms. The van der Waals surface area contributed by atoms with E-state index in [2.05, 4.69) is 72.2 Å². The Labute approximate surface area is 232 Å². The molecule has 0 aromatic heterocycles. The lowest BCUT2D eigenvalue weighted by atomic mass is 9.74. The molecule has 0 radical (unpaired) electrons. The van der Waals surface area contributed by atoms with E-state index in [1.54, 1.807) is 7.11 Å². The van der Waals surface area contributed by atoms with E-state index < -0.39 is 0 Å². The fourth-order valence-corrected chi connectivity index (χ4v) is 5.85. The van der Waals surface area contributed by atoms with Crippen molar-refractivity contribution in [3.63, 3.8) is 0 Å². The summed E-state index contributed by atoms with van der Waals surface area (Å²) < 4.78 is 5.25. The third kappa shape index (κ3) is 6.11. The minimum Gasteiger partial charge on any atom is -0.497 e. The van der Waals surface area contributed by atoms with Gasteiger partial charge in [0.1, 0.15) is 5.75 Å². The highest BCUT2D eigenvalue weighted by molar-refractivity contribution is 5.89. The van der Waals surface area contributed by atoms with Crippen LogP contribution < -0.4 is 10.1 Å². The third-order valence-electron chi connectivity index (χ3n) is 8.22. The first kappa shape index (κ1) is 26.8. The number of amides is 2. The lowest BCUT2D eigenvalue weighted by molar-refractivity contribution is -0.0441. The number of hydrogen-bond acceptors (Lipinski definition) is 4. The highest BCUT2D eigenvalue weighted by Crippen LogP contribution is 2.42. The van der Waals surface area contributed by atoms with Crippen LogP contribution in [0.25, 0.3) is 0 Å². The van der Waals surface area contributed by atoms with E-state index in [0.717, 1.165) is 42.1 Å². The molecule has 0 spiro atoms. The zero-order valence-corrected chi connectivity index (χ0v) is 23.3. The maximum absolute atomic E-state index is 13.4. The molecule has 4 atom stereocenters. The van der Waals surface area contributed by atoms with E-state index in [9.17, 15) is 4.79 Å². The van der Waals surface area contributed by atoms with Gasteiger partial charge in [0.05, 0.1) is 7.11 Å². The molecule has 0 saturated carbocycles. The van der Waals surface area contributed by atoms with Crippen molar-refractivity contribution in [2.45, 2.75) is 37.4 Å². The van der Waals surface area contributed by atoms with Crippen molar-refractivity contribution in [3.05, 3.63) is 95.6 Å². The van der Waals surface area contributed by atoms with E-state index >= 15 is 0 Å². The normalized spacial score (nSPS) is 22.9. The van der Waals surface area contributed by atoms with Gasteiger partial charge >= 0.3 is 6.03 Å². The summed E-state index contributed by atoms with van der Waals surface area (Å²) in [5.74, 6) is 7.66. The second kappa shape index (κ2) is 11.9. The highest BCUT2D eigenvalue weighted by atomic mass is 16.5. The molecule has 2 saturated heterocycles. The monoisotopic (exact) mass is 522 g/mol. The maximum atomic E-state index is 13.4. The number of nitrogens with zero attached hydrogens (tertiary/aromatic N) is 3. The van der Waals surface area contributed by atoms with Gasteiger partial charge in [-0.1, -0.05) is 42.2 Å². The van der Waals surface area contributed by atoms with Crippen LogP contribution in [0, 0.1) is 11.8 Å². The van der Waals surface area contributed by atoms with E-state index in [-0.39, 0.29) is 12.1 Å². The quantitative estimate of drug-likeness (QED) is 0.484. The second-order valence-electron chi connectivity index (χ2n) is 10.8. The number of benzene rings is 3. The van der Waals surface area contributed by atoms with Gasteiger partial charge in [-0.2, -0.15) is 0 Å². The van der Waals surface area contributed by atoms with Crippen LogP contribution in [0.15, 0.2) is 78.9 Å². The molecule has 2 heterocycles. The van der Waals surface area contributed by atoms with Crippen molar-refractivity contribution in [2.24, 2.45) is 0 Å². The molecule has 2 fully saturated rings. The Kier molecular flexibility index (Phi) is 8.21. The summed E-state index contributed by atoms with van der Waals surface area (Å²) in [6, 6.07) is 27.3. The summed E-state index contributed by atoms with van der Waals surface area (Å²) in [5, 5.41) is 3.10. The van der Waals surface area contributed by atoms with Crippen LogP contribution in [0.1, 0.15) is 36.0 Å². The van der Waals surface area contributed by atoms with Crippen LogP contribution in [0.2, 0.25) is 0 Å². The maximum Gasteiger partial charge on any atom is 0.321 e. The number of carbonyl (C=O) groups is 1. The first-order chi connectivity index (χ1) is 18.9. The Balaban J connectivity index is 1.33. The van der Waals surface area contributed by atoms with Gasteiger partial charge in [-0.3, -0.25) is 4.90 Å². The van der Waals surface area contributed by atoms with Gasteiger partial charge in [-0.05, 0) is 81.5 Å². The van der Waals surface area contributed by atoms with Crippen molar-refractivity contribution in [1.29, 1.82) is 0 Å². The molecule has 6 nitrogen and oxygen atoms in total. The summed E-state index contributed by atoms with van der Waals surface area (Å²) in [4.78, 5) is 20.3. The highest BCUT2D eigenvalue weighted by Gasteiger charge is 2.48. The third-order valence-corrected chi connectivity index (χ3v) is 8.22. The zero-order valence-electron chi connectivity index (χ0n) is 23.3. The number of rotatable bonds is 4. The largest absolute Gasteiger partial charge is 0.497 e. The number of methoxy groups -OCH3 is 1. The average molecular weight is 523 g/mol. The summed E-state index contributed by atoms with van der Waals surface area (Å²) in [7, 11) is 5.92. The molecule has 2 amide bonds. The second-order valence-corrected chi connectivity index (χ2v) is 10.8. The molecule has 3 aromatic rings. The predicted molar refractivity (Wildman–Crippen MR) is 157 cm³/mol. The van der Waals surface area contributed by atoms with Crippen LogP contribution in [0.5, 0.6) is 5.75 Å². The fourth-order valence-electron chi connectivity index (χ4n) is 5.85. The number of anilines is 1. The average Bonchev–Trinajstić information content (AvgIpc) is 2.94. The molecular weight excluding hydrogens is 484 g/mol. The zero-order chi connectivity index (χ0) is 27.4. The van der Waals surface area contributed by atoms with Gasteiger partial charge in [-0.25, -0.2) is 4.79 Å². The number of hydrogen-bond donors (Lipinski definition) is 1. The Morgan fingerprint density at radius 3 is 2.23 bits per heavy atom. The first-order valence-electron chi connectivity index (χ1n) is 13.7. The van der Waals surface area contributed by atoms with E-state index in [1.165, 1.54) is 5.56 Å². The molecular formula is C33H38N4O2. The molecule has 0 bridgehead atoms. The van der Waals surface area contributed by atoms with Crippen LogP contribution in [-0.2, 0) is 0 Å². The molecule has 1 N–H and O–H groups in total. The van der Waals surface area contributed by atoms with Gasteiger partial charge in [0, 0.05) is 60.5 Å². The Morgan fingerprint density at radius 1 is 0.923 bits per heavy atom. The molecule has 202 valence electrons. The van der Waals surface area contributed by atoms with Crippen molar-refractivity contribution >= 4 is 11.7 Å². The van der Waals surface area contributed by atoms with Crippen LogP contribution in [0.3, 0.4) is 0 Å². The van der Waals surface area contributed by atoms with Gasteiger partial charge < -0.3 is 19.9 Å². The summed E-state index contributed by atoms with van der Waals surface area (Å²) in [5.41, 5.74) is 4.11. The van der Waals surface area contributed by atoms with E-state index in [0.29, 0.717) is 24.5 Å². The molecule has 2 aliphatic heterocycles.